The van der Waals surface area contributed by atoms with Crippen LogP contribution in [0.2, 0.25) is 5.02 Å². The lowest BCUT2D eigenvalue weighted by Gasteiger charge is -2.38. The summed E-state index contributed by atoms with van der Waals surface area (Å²) in [6.45, 7) is 5.43. The topological polar surface area (TPSA) is 64.1 Å². The number of hydrogen-bond donors (Lipinski definition) is 2. The highest BCUT2D eigenvalue weighted by molar-refractivity contribution is 6.30. The van der Waals surface area contributed by atoms with Gasteiger partial charge in [0.15, 0.2) is 5.96 Å². The summed E-state index contributed by atoms with van der Waals surface area (Å²) in [4.78, 5) is 4.37. The third-order valence-corrected chi connectivity index (χ3v) is 5.79. The first-order chi connectivity index (χ1) is 13.7. The molecular formula is C21H32ClN3O3. The Morgan fingerprint density at radius 1 is 1.25 bits per heavy atom. The molecule has 0 spiro atoms. The summed E-state index contributed by atoms with van der Waals surface area (Å²) < 4.78 is 16.7. The third-order valence-electron chi connectivity index (χ3n) is 5.56. The van der Waals surface area contributed by atoms with Crippen molar-refractivity contribution in [2.75, 3.05) is 53.2 Å². The normalized spacial score (nSPS) is 22.2. The fourth-order valence-electron chi connectivity index (χ4n) is 3.79. The highest BCUT2D eigenvalue weighted by Gasteiger charge is 2.34. The Balaban J connectivity index is 1.47. The Morgan fingerprint density at radius 2 is 2.11 bits per heavy atom. The zero-order valence-electron chi connectivity index (χ0n) is 16.7. The number of nitrogens with zero attached hydrogens (tertiary/aromatic N) is 1. The van der Waals surface area contributed by atoms with Gasteiger partial charge in [0.05, 0.1) is 12.7 Å². The number of nitrogens with one attached hydrogen (secondary N) is 2. The van der Waals surface area contributed by atoms with Gasteiger partial charge in [0.2, 0.25) is 0 Å². The lowest BCUT2D eigenvalue weighted by molar-refractivity contribution is 0.0419. The van der Waals surface area contributed by atoms with Gasteiger partial charge in [-0.1, -0.05) is 23.7 Å². The van der Waals surface area contributed by atoms with Crippen LogP contribution in [0.1, 0.15) is 31.2 Å². The smallest absolute Gasteiger partial charge is 0.191 e. The number of benzene rings is 1. The Morgan fingerprint density at radius 3 is 2.82 bits per heavy atom. The second-order valence-electron chi connectivity index (χ2n) is 7.47. The average Bonchev–Trinajstić information content (AvgIpc) is 3.24. The highest BCUT2D eigenvalue weighted by Crippen LogP contribution is 2.35. The van der Waals surface area contributed by atoms with E-state index in [4.69, 9.17) is 25.8 Å². The minimum atomic E-state index is 0.00630. The Kier molecular flexibility index (Phi) is 8.40. The van der Waals surface area contributed by atoms with Crippen molar-refractivity contribution in [3.63, 3.8) is 0 Å². The molecule has 6 nitrogen and oxygen atoms in total. The molecule has 0 amide bonds. The molecule has 1 unspecified atom stereocenters. The number of halogens is 1. The number of guanidine groups is 1. The maximum Gasteiger partial charge on any atom is 0.191 e. The maximum atomic E-state index is 6.25. The summed E-state index contributed by atoms with van der Waals surface area (Å²) in [6, 6.07) is 8.19. The molecule has 3 rings (SSSR count). The number of rotatable bonds is 8. The van der Waals surface area contributed by atoms with Crippen molar-refractivity contribution in [3.8, 4) is 0 Å². The van der Waals surface area contributed by atoms with E-state index in [1.807, 2.05) is 12.1 Å². The number of hydrogen-bond acceptors (Lipinski definition) is 4. The van der Waals surface area contributed by atoms with Gasteiger partial charge in [0.1, 0.15) is 0 Å². The van der Waals surface area contributed by atoms with Crippen LogP contribution in [-0.2, 0) is 19.6 Å². The molecule has 0 aliphatic carbocycles. The van der Waals surface area contributed by atoms with Gasteiger partial charge in [-0.3, -0.25) is 4.99 Å². The van der Waals surface area contributed by atoms with Gasteiger partial charge in [0.25, 0.3) is 0 Å². The van der Waals surface area contributed by atoms with Crippen molar-refractivity contribution in [3.05, 3.63) is 34.9 Å². The first kappa shape index (κ1) is 21.4. The van der Waals surface area contributed by atoms with Crippen LogP contribution in [0.4, 0.5) is 0 Å². The summed E-state index contributed by atoms with van der Waals surface area (Å²) in [6.07, 6.45) is 4.14. The van der Waals surface area contributed by atoms with Gasteiger partial charge < -0.3 is 24.8 Å². The average molecular weight is 410 g/mol. The van der Waals surface area contributed by atoms with E-state index in [0.717, 1.165) is 82.8 Å². The fourth-order valence-corrected chi connectivity index (χ4v) is 3.99. The molecule has 1 aromatic rings. The lowest BCUT2D eigenvalue weighted by Crippen LogP contribution is -2.48. The van der Waals surface area contributed by atoms with Gasteiger partial charge in [-0.25, -0.2) is 0 Å². The van der Waals surface area contributed by atoms with Crippen LogP contribution in [0, 0.1) is 0 Å². The van der Waals surface area contributed by atoms with Gasteiger partial charge in [-0.05, 0) is 43.4 Å². The van der Waals surface area contributed by atoms with Crippen LogP contribution in [0.25, 0.3) is 0 Å². The standard InChI is InChI=1S/C21H32ClN3O3/c1-23-20(24-9-3-10-28-19-6-11-27-15-19)25-16-21(7-12-26-13-8-21)17-4-2-5-18(22)14-17/h2,4-5,14,19H,3,6-13,15-16H2,1H3,(H2,23,24,25). The van der Waals surface area contributed by atoms with Crippen LogP contribution in [0.15, 0.2) is 29.3 Å². The molecule has 2 saturated heterocycles. The fraction of sp³-hybridized carbons (Fsp3) is 0.667. The molecule has 28 heavy (non-hydrogen) atoms. The largest absolute Gasteiger partial charge is 0.381 e. The molecule has 2 heterocycles. The molecule has 2 fully saturated rings. The zero-order valence-corrected chi connectivity index (χ0v) is 17.5. The van der Waals surface area contributed by atoms with E-state index in [0.29, 0.717) is 0 Å². The van der Waals surface area contributed by atoms with Crippen molar-refractivity contribution in [1.29, 1.82) is 0 Å². The molecule has 0 radical (unpaired) electrons. The molecule has 2 aliphatic heterocycles. The van der Waals surface area contributed by atoms with E-state index in [1.165, 1.54) is 5.56 Å². The second-order valence-corrected chi connectivity index (χ2v) is 7.90. The summed E-state index contributed by atoms with van der Waals surface area (Å²) in [5, 5.41) is 7.67. The molecular weight excluding hydrogens is 378 g/mol. The zero-order chi connectivity index (χ0) is 19.7. The van der Waals surface area contributed by atoms with Gasteiger partial charge in [-0.2, -0.15) is 0 Å². The summed E-state index contributed by atoms with van der Waals surface area (Å²) >= 11 is 6.25. The predicted molar refractivity (Wildman–Crippen MR) is 112 cm³/mol. The summed E-state index contributed by atoms with van der Waals surface area (Å²) in [5.74, 6) is 0.817. The van der Waals surface area contributed by atoms with E-state index in [2.05, 4.69) is 27.8 Å². The van der Waals surface area contributed by atoms with Crippen molar-refractivity contribution < 1.29 is 14.2 Å². The van der Waals surface area contributed by atoms with E-state index in [1.54, 1.807) is 7.05 Å². The van der Waals surface area contributed by atoms with Crippen LogP contribution >= 0.6 is 11.6 Å². The van der Waals surface area contributed by atoms with Crippen LogP contribution in [0.3, 0.4) is 0 Å². The first-order valence-electron chi connectivity index (χ1n) is 10.2. The van der Waals surface area contributed by atoms with Crippen LogP contribution in [-0.4, -0.2) is 65.2 Å². The van der Waals surface area contributed by atoms with Crippen molar-refractivity contribution in [2.24, 2.45) is 4.99 Å². The van der Waals surface area contributed by atoms with Crippen molar-refractivity contribution in [2.45, 2.75) is 37.2 Å². The summed E-state index contributed by atoms with van der Waals surface area (Å²) in [7, 11) is 1.80. The molecule has 7 heteroatoms. The Labute approximate surface area is 173 Å². The van der Waals surface area contributed by atoms with Gasteiger partial charge >= 0.3 is 0 Å². The van der Waals surface area contributed by atoms with Crippen LogP contribution in [0.5, 0.6) is 0 Å². The predicted octanol–water partition coefficient (Wildman–Crippen LogP) is 2.75. The lowest BCUT2D eigenvalue weighted by atomic mass is 9.74. The maximum absolute atomic E-state index is 6.25. The Hall–Kier alpha value is -1.34. The highest BCUT2D eigenvalue weighted by atomic mass is 35.5. The van der Waals surface area contributed by atoms with E-state index in [-0.39, 0.29) is 11.5 Å². The second kappa shape index (κ2) is 11.0. The van der Waals surface area contributed by atoms with Gasteiger partial charge in [-0.15, -0.1) is 0 Å². The summed E-state index contributed by atoms with van der Waals surface area (Å²) in [5.41, 5.74) is 1.27. The molecule has 0 saturated carbocycles. The number of aliphatic imine (C=N–C) groups is 1. The molecule has 1 aromatic carbocycles. The van der Waals surface area contributed by atoms with Crippen molar-refractivity contribution in [1.82, 2.24) is 10.6 Å². The van der Waals surface area contributed by atoms with E-state index in [9.17, 15) is 0 Å². The van der Waals surface area contributed by atoms with Gasteiger partial charge in [0, 0.05) is 57.0 Å². The molecule has 1 atom stereocenters. The molecule has 2 N–H and O–H groups in total. The molecule has 0 bridgehead atoms. The molecule has 156 valence electrons. The molecule has 0 aromatic heterocycles. The monoisotopic (exact) mass is 409 g/mol. The van der Waals surface area contributed by atoms with Crippen molar-refractivity contribution >= 4 is 17.6 Å². The SMILES string of the molecule is CN=C(NCCCOC1CCOC1)NCC1(c2cccc(Cl)c2)CCOCC1. The van der Waals surface area contributed by atoms with E-state index >= 15 is 0 Å². The van der Waals surface area contributed by atoms with Crippen LogP contribution < -0.4 is 10.6 Å². The van der Waals surface area contributed by atoms with E-state index < -0.39 is 0 Å². The quantitative estimate of drug-likeness (QED) is 0.392. The molecule has 2 aliphatic rings. The minimum Gasteiger partial charge on any atom is -0.381 e. The Bertz CT molecular complexity index is 629. The number of ether oxygens (including phenoxy) is 3. The first-order valence-corrected chi connectivity index (χ1v) is 10.6. The minimum absolute atomic E-state index is 0.00630. The third kappa shape index (κ3) is 6.08.